The minimum Gasteiger partial charge on any atom is -0.400 e. The molecular weight excluding hydrogens is 509 g/mol. The van der Waals surface area contributed by atoms with Crippen LogP contribution in [-0.4, -0.2) is 92.8 Å². The van der Waals surface area contributed by atoms with E-state index in [9.17, 15) is 4.79 Å². The summed E-state index contributed by atoms with van der Waals surface area (Å²) in [7, 11) is -0.188. The van der Waals surface area contributed by atoms with Crippen LogP contribution in [0.15, 0.2) is 11.1 Å². The molecule has 1 unspecified atom stereocenters. The third kappa shape index (κ3) is 8.02. The van der Waals surface area contributed by atoms with E-state index in [2.05, 4.69) is 77.2 Å². The molecule has 1 aliphatic heterocycles. The number of nitriles is 1. The predicted molar refractivity (Wildman–Crippen MR) is 147 cm³/mol. The number of aromatic nitrogens is 4. The lowest BCUT2D eigenvalue weighted by molar-refractivity contribution is -0.191. The van der Waals surface area contributed by atoms with E-state index in [1.54, 1.807) is 17.8 Å². The van der Waals surface area contributed by atoms with Gasteiger partial charge in [-0.3, -0.25) is 14.3 Å². The summed E-state index contributed by atoms with van der Waals surface area (Å²) >= 11 is 0. The molecule has 2 N–H and O–H groups in total. The second-order valence-electron chi connectivity index (χ2n) is 10.1. The Kier molecular flexibility index (Phi) is 11.0. The number of nitrogens with zero attached hydrogens (tertiary/aromatic N) is 6. The number of ether oxygens (including phenoxy) is 1. The van der Waals surface area contributed by atoms with Crippen LogP contribution in [0.4, 0.5) is 0 Å². The maximum atomic E-state index is 12.4. The van der Waals surface area contributed by atoms with Gasteiger partial charge < -0.3 is 23.9 Å². The molecule has 0 amide bonds. The lowest BCUT2D eigenvalue weighted by Crippen LogP contribution is -2.56. The fourth-order valence-corrected chi connectivity index (χ4v) is 6.04. The molecule has 13 heteroatoms. The van der Waals surface area contributed by atoms with Crippen molar-refractivity contribution in [1.29, 1.82) is 6.69 Å². The SMILES string of the molecule is [2H]C[C@@]1(COP(OCCC#N)N(C(C)C)C(C)C)CN(C(C)C)C[C@H](n2cnc3c(=O)[nH]c(C)nc32)O1.[3H]OC. The maximum Gasteiger partial charge on any atom is 0.279 e. The fraction of sp³-hybridized carbons (Fsp3) is 0.760. The van der Waals surface area contributed by atoms with Crippen molar-refractivity contribution in [2.24, 2.45) is 0 Å². The van der Waals surface area contributed by atoms with Gasteiger partial charge in [-0.05, 0) is 55.4 Å². The van der Waals surface area contributed by atoms with E-state index in [0.717, 1.165) is 0 Å². The third-order valence-electron chi connectivity index (χ3n) is 5.96. The first-order valence-corrected chi connectivity index (χ1v) is 13.9. The number of aliphatic hydroxyl groups is 1. The molecule has 38 heavy (non-hydrogen) atoms. The Morgan fingerprint density at radius 1 is 1.42 bits per heavy atom. The minimum atomic E-state index is -1.48. The Balaban J connectivity index is 0.00000178. The summed E-state index contributed by atoms with van der Waals surface area (Å²) in [4.78, 5) is 26.1. The number of rotatable bonds is 11. The average molecular weight is 557 g/mol. The first-order valence-electron chi connectivity index (χ1n) is 13.9. The number of H-pyrrole nitrogens is 1. The lowest BCUT2D eigenvalue weighted by Gasteiger charge is -2.47. The zero-order valence-corrected chi connectivity index (χ0v) is 24.7. The van der Waals surface area contributed by atoms with E-state index in [1.165, 1.54) is 7.11 Å². The molecule has 2 aromatic heterocycles. The highest BCUT2D eigenvalue weighted by molar-refractivity contribution is 7.44. The second-order valence-corrected chi connectivity index (χ2v) is 11.5. The van der Waals surface area contributed by atoms with Crippen LogP contribution in [0.3, 0.4) is 0 Å². The van der Waals surface area contributed by atoms with Crippen molar-refractivity contribution >= 4 is 19.7 Å². The normalized spacial score (nSPS) is 21.9. The van der Waals surface area contributed by atoms with Crippen LogP contribution in [0, 0.1) is 18.3 Å². The monoisotopic (exact) mass is 556 g/mol. The van der Waals surface area contributed by atoms with Gasteiger partial charge in [0.1, 0.15) is 17.7 Å². The van der Waals surface area contributed by atoms with E-state index in [1.807, 2.05) is 0 Å². The summed E-state index contributed by atoms with van der Waals surface area (Å²) in [6.45, 7) is 15.7. The number of aryl methyl sites for hydroxylation is 1. The van der Waals surface area contributed by atoms with Crippen LogP contribution in [-0.2, 0) is 13.8 Å². The number of imidazole rings is 1. The molecule has 1 fully saturated rings. The number of hydrogen-bond acceptors (Lipinski definition) is 10. The summed E-state index contributed by atoms with van der Waals surface area (Å²) in [5, 5.41) is 12.5. The maximum absolute atomic E-state index is 12.4. The van der Waals surface area contributed by atoms with Gasteiger partial charge in [-0.25, -0.2) is 14.6 Å². The van der Waals surface area contributed by atoms with Crippen molar-refractivity contribution < 1.29 is 20.3 Å². The lowest BCUT2D eigenvalue weighted by atomic mass is 10.0. The van der Waals surface area contributed by atoms with Crippen LogP contribution in [0.2, 0.25) is 0 Å². The summed E-state index contributed by atoms with van der Waals surface area (Å²) in [6.07, 6.45) is 1.34. The second kappa shape index (κ2) is 14.4. The van der Waals surface area contributed by atoms with Crippen LogP contribution >= 0.6 is 8.53 Å². The predicted octanol–water partition coefficient (Wildman–Crippen LogP) is 3.33. The van der Waals surface area contributed by atoms with Gasteiger partial charge in [0.2, 0.25) is 1.43 Å². The molecule has 0 bridgehead atoms. The van der Waals surface area contributed by atoms with E-state index < -0.39 is 20.4 Å². The summed E-state index contributed by atoms with van der Waals surface area (Å²) in [6, 6.07) is 2.64. The molecule has 0 saturated carbocycles. The van der Waals surface area contributed by atoms with Crippen molar-refractivity contribution in [3.05, 3.63) is 22.5 Å². The topological polar surface area (TPSA) is 142 Å². The molecule has 12 nitrogen and oxygen atoms in total. The van der Waals surface area contributed by atoms with Gasteiger partial charge in [0.15, 0.2) is 11.2 Å². The highest BCUT2D eigenvalue weighted by Gasteiger charge is 2.41. The van der Waals surface area contributed by atoms with E-state index >= 15 is 0 Å². The van der Waals surface area contributed by atoms with E-state index in [-0.39, 0.29) is 55.7 Å². The number of morpholine rings is 1. The van der Waals surface area contributed by atoms with Crippen LogP contribution in [0.1, 0.15) is 68.3 Å². The minimum absolute atomic E-state index is 0.0306. The van der Waals surface area contributed by atoms with Gasteiger partial charge in [-0.2, -0.15) is 5.26 Å². The van der Waals surface area contributed by atoms with Crippen molar-refractivity contribution in [2.75, 3.05) is 33.4 Å². The Morgan fingerprint density at radius 2 is 2.11 bits per heavy atom. The zero-order chi connectivity index (χ0) is 30.0. The Morgan fingerprint density at radius 3 is 2.68 bits per heavy atom. The molecule has 2 aromatic rings. The van der Waals surface area contributed by atoms with Crippen LogP contribution < -0.4 is 5.56 Å². The largest absolute Gasteiger partial charge is 0.400 e. The smallest absolute Gasteiger partial charge is 0.279 e. The summed E-state index contributed by atoms with van der Waals surface area (Å²) < 4.78 is 37.2. The summed E-state index contributed by atoms with van der Waals surface area (Å²) in [5.74, 6) is 0.494. The van der Waals surface area contributed by atoms with Crippen molar-refractivity contribution in [3.63, 3.8) is 0 Å². The number of nitrogens with one attached hydrogen (secondary N) is 1. The number of fused-ring (bicyclic) bond motifs is 1. The molecule has 0 aliphatic carbocycles. The van der Waals surface area contributed by atoms with E-state index in [4.69, 9.17) is 21.8 Å². The molecular formula is C25H44N7O5P. The third-order valence-corrected chi connectivity index (χ3v) is 8.01. The van der Waals surface area contributed by atoms with Gasteiger partial charge in [-0.1, -0.05) is 0 Å². The Hall–Kier alpha value is -1.97. The Bertz CT molecular complexity index is 1150. The molecule has 3 heterocycles. The highest BCUT2D eigenvalue weighted by atomic mass is 31.2. The Labute approximate surface area is 229 Å². The molecule has 3 atom stereocenters. The highest BCUT2D eigenvalue weighted by Crippen LogP contribution is 2.47. The molecule has 0 spiro atoms. The molecule has 3 rings (SSSR count). The van der Waals surface area contributed by atoms with Crippen molar-refractivity contribution in [1.82, 2.24) is 29.1 Å². The first-order chi connectivity index (χ1) is 18.9. The van der Waals surface area contributed by atoms with E-state index in [0.29, 0.717) is 24.6 Å². The number of hydrogen-bond donors (Lipinski definition) is 2. The number of aromatic amines is 1. The van der Waals surface area contributed by atoms with Crippen molar-refractivity contribution in [3.8, 4) is 6.07 Å². The van der Waals surface area contributed by atoms with Gasteiger partial charge in [0.05, 0.1) is 32.0 Å². The van der Waals surface area contributed by atoms with Crippen LogP contribution in [0.25, 0.3) is 11.2 Å². The van der Waals surface area contributed by atoms with Gasteiger partial charge in [-0.15, -0.1) is 0 Å². The molecule has 1 aliphatic rings. The standard InChI is InChI=1S/C24H40N7O4P.CH4O/c1-16(2)29-12-20(30-15-26-21-22(30)27-19(7)28-23(21)32)35-24(8,13-29)14-34-36(33-11-9-10-25)31(17(3)4)18(5)6;1-2/h15-18,20H,9,11-14H2,1-8H3,(H,27,28,32);2H,1H3/t20-,24+,36?;/m1./s1/i8D;2T. The van der Waals surface area contributed by atoms with Crippen LogP contribution in [0.5, 0.6) is 0 Å². The number of aliphatic hydroxyl groups excluding tert-OH is 1. The summed E-state index contributed by atoms with van der Waals surface area (Å²) in [5.41, 5.74) is -0.540. The average Bonchev–Trinajstić information content (AvgIpc) is 3.31. The first kappa shape index (κ1) is 29.0. The fourth-order valence-electron chi connectivity index (χ4n) is 4.35. The van der Waals surface area contributed by atoms with Crippen molar-refractivity contribution in [2.45, 2.75) is 91.7 Å². The zero-order valence-electron chi connectivity index (χ0n) is 25.8. The van der Waals surface area contributed by atoms with Gasteiger partial charge >= 0.3 is 0 Å². The van der Waals surface area contributed by atoms with Gasteiger partial charge in [0, 0.05) is 39.7 Å². The molecule has 0 radical (unpaired) electrons. The van der Waals surface area contributed by atoms with Gasteiger partial charge in [0.25, 0.3) is 14.1 Å². The molecule has 1 saturated heterocycles. The quantitative estimate of drug-likeness (QED) is 0.313. The molecule has 0 aromatic carbocycles. The molecule has 214 valence electrons.